The van der Waals surface area contributed by atoms with Crippen LogP contribution in [0, 0.1) is 5.82 Å². The van der Waals surface area contributed by atoms with Gasteiger partial charge in [-0.05, 0) is 54.8 Å². The number of nitrogens with one attached hydrogen (secondary N) is 2. The van der Waals surface area contributed by atoms with Gasteiger partial charge in [0, 0.05) is 18.7 Å². The minimum Gasteiger partial charge on any atom is -0.343 e. The standard InChI is InChI=1S/C20H21FN4O4S/c21-17-7-3-15(4-8-17)13-23-24-19(26)14-22-20(27)16-5-9-18(10-6-16)30(28,29)25-11-1-2-12-25/h3-10,13H,1-2,11-12,14H2,(H,22,27)(H,24,26)/b23-13-. The van der Waals surface area contributed by atoms with Crippen LogP contribution in [0.3, 0.4) is 0 Å². The summed E-state index contributed by atoms with van der Waals surface area (Å²) in [6.45, 7) is 0.695. The molecule has 0 aliphatic carbocycles. The van der Waals surface area contributed by atoms with Crippen molar-refractivity contribution in [3.05, 3.63) is 65.5 Å². The van der Waals surface area contributed by atoms with Crippen LogP contribution in [0.5, 0.6) is 0 Å². The fourth-order valence-corrected chi connectivity index (χ4v) is 4.40. The van der Waals surface area contributed by atoms with Crippen molar-refractivity contribution in [3.8, 4) is 0 Å². The molecule has 0 spiro atoms. The number of halogens is 1. The fraction of sp³-hybridized carbons (Fsp3) is 0.250. The van der Waals surface area contributed by atoms with Gasteiger partial charge in [-0.2, -0.15) is 9.41 Å². The van der Waals surface area contributed by atoms with Gasteiger partial charge in [0.1, 0.15) is 5.82 Å². The van der Waals surface area contributed by atoms with Gasteiger partial charge in [0.2, 0.25) is 10.0 Å². The monoisotopic (exact) mass is 432 g/mol. The third-order valence-electron chi connectivity index (χ3n) is 4.50. The van der Waals surface area contributed by atoms with E-state index in [0.29, 0.717) is 18.7 Å². The van der Waals surface area contributed by atoms with Gasteiger partial charge in [-0.3, -0.25) is 9.59 Å². The van der Waals surface area contributed by atoms with Crippen LogP contribution in [0.4, 0.5) is 4.39 Å². The van der Waals surface area contributed by atoms with E-state index in [9.17, 15) is 22.4 Å². The van der Waals surface area contributed by atoms with E-state index >= 15 is 0 Å². The Kier molecular flexibility index (Phi) is 6.91. The molecule has 3 rings (SSSR count). The molecule has 2 aromatic rings. The molecule has 1 aliphatic rings. The van der Waals surface area contributed by atoms with Crippen LogP contribution in [-0.2, 0) is 14.8 Å². The van der Waals surface area contributed by atoms with Crippen LogP contribution >= 0.6 is 0 Å². The average molecular weight is 432 g/mol. The molecule has 30 heavy (non-hydrogen) atoms. The van der Waals surface area contributed by atoms with Gasteiger partial charge in [0.05, 0.1) is 17.7 Å². The Morgan fingerprint density at radius 1 is 1.03 bits per heavy atom. The number of carbonyl (C=O) groups is 2. The van der Waals surface area contributed by atoms with Gasteiger partial charge in [0.25, 0.3) is 11.8 Å². The first-order valence-electron chi connectivity index (χ1n) is 9.32. The number of hydrazone groups is 1. The predicted octanol–water partition coefficient (Wildman–Crippen LogP) is 1.49. The summed E-state index contributed by atoms with van der Waals surface area (Å²) in [5.41, 5.74) is 3.09. The predicted molar refractivity (Wildman–Crippen MR) is 109 cm³/mol. The summed E-state index contributed by atoms with van der Waals surface area (Å²) in [7, 11) is -3.54. The van der Waals surface area contributed by atoms with Crippen LogP contribution in [0.25, 0.3) is 0 Å². The minimum absolute atomic E-state index is 0.133. The van der Waals surface area contributed by atoms with Crippen molar-refractivity contribution in [1.29, 1.82) is 0 Å². The Bertz CT molecular complexity index is 1030. The van der Waals surface area contributed by atoms with Crippen molar-refractivity contribution < 1.29 is 22.4 Å². The molecule has 1 heterocycles. The molecule has 0 aromatic heterocycles. The molecule has 0 radical (unpaired) electrons. The Hall–Kier alpha value is -3.11. The van der Waals surface area contributed by atoms with E-state index in [2.05, 4.69) is 15.8 Å². The van der Waals surface area contributed by atoms with E-state index in [1.165, 1.54) is 59.1 Å². The van der Waals surface area contributed by atoms with E-state index in [0.717, 1.165) is 12.8 Å². The van der Waals surface area contributed by atoms with Crippen molar-refractivity contribution in [2.75, 3.05) is 19.6 Å². The molecule has 8 nitrogen and oxygen atoms in total. The van der Waals surface area contributed by atoms with Gasteiger partial charge in [0.15, 0.2) is 0 Å². The molecule has 2 amide bonds. The molecule has 1 fully saturated rings. The number of rotatable bonds is 7. The zero-order valence-electron chi connectivity index (χ0n) is 16.0. The lowest BCUT2D eigenvalue weighted by atomic mass is 10.2. The lowest BCUT2D eigenvalue weighted by Crippen LogP contribution is -2.35. The summed E-state index contributed by atoms with van der Waals surface area (Å²) >= 11 is 0. The van der Waals surface area contributed by atoms with Crippen molar-refractivity contribution in [3.63, 3.8) is 0 Å². The molecular formula is C20H21FN4O4S. The quantitative estimate of drug-likeness (QED) is 0.510. The van der Waals surface area contributed by atoms with E-state index in [1.54, 1.807) is 0 Å². The highest BCUT2D eigenvalue weighted by atomic mass is 32.2. The lowest BCUT2D eigenvalue weighted by Gasteiger charge is -2.15. The van der Waals surface area contributed by atoms with E-state index < -0.39 is 21.8 Å². The normalized spacial score (nSPS) is 14.7. The van der Waals surface area contributed by atoms with E-state index in [-0.39, 0.29) is 22.8 Å². The molecule has 0 bridgehead atoms. The molecule has 0 unspecified atom stereocenters. The number of carbonyl (C=O) groups excluding carboxylic acids is 2. The topological polar surface area (TPSA) is 108 Å². The van der Waals surface area contributed by atoms with Gasteiger partial charge < -0.3 is 5.32 Å². The number of hydrogen-bond acceptors (Lipinski definition) is 5. The molecule has 1 saturated heterocycles. The van der Waals surface area contributed by atoms with Gasteiger partial charge in [-0.15, -0.1) is 0 Å². The second-order valence-electron chi connectivity index (χ2n) is 6.66. The fourth-order valence-electron chi connectivity index (χ4n) is 2.89. The number of benzene rings is 2. The largest absolute Gasteiger partial charge is 0.343 e. The summed E-state index contributed by atoms with van der Waals surface area (Å²) in [5, 5.41) is 6.16. The maximum Gasteiger partial charge on any atom is 0.259 e. The summed E-state index contributed by atoms with van der Waals surface area (Å²) in [4.78, 5) is 24.1. The minimum atomic E-state index is -3.54. The molecular weight excluding hydrogens is 411 g/mol. The number of sulfonamides is 1. The molecule has 2 aromatic carbocycles. The van der Waals surface area contributed by atoms with Crippen LogP contribution < -0.4 is 10.7 Å². The van der Waals surface area contributed by atoms with Crippen molar-refractivity contribution in [1.82, 2.24) is 15.0 Å². The molecule has 1 aliphatic heterocycles. The maximum absolute atomic E-state index is 12.8. The highest BCUT2D eigenvalue weighted by Gasteiger charge is 2.27. The molecule has 2 N–H and O–H groups in total. The zero-order valence-corrected chi connectivity index (χ0v) is 16.9. The Morgan fingerprint density at radius 2 is 1.67 bits per heavy atom. The zero-order chi connectivity index (χ0) is 21.6. The highest BCUT2D eigenvalue weighted by molar-refractivity contribution is 7.89. The molecule has 10 heteroatoms. The third-order valence-corrected chi connectivity index (χ3v) is 6.41. The molecule has 0 saturated carbocycles. The third kappa shape index (κ3) is 5.49. The Labute approximate surface area is 173 Å². The average Bonchev–Trinajstić information content (AvgIpc) is 3.29. The maximum atomic E-state index is 12.8. The van der Waals surface area contributed by atoms with Crippen LogP contribution in [0.15, 0.2) is 58.5 Å². The lowest BCUT2D eigenvalue weighted by molar-refractivity contribution is -0.120. The van der Waals surface area contributed by atoms with Crippen LogP contribution in [0.2, 0.25) is 0 Å². The van der Waals surface area contributed by atoms with E-state index in [4.69, 9.17) is 0 Å². The van der Waals surface area contributed by atoms with Gasteiger partial charge in [-0.25, -0.2) is 18.2 Å². The summed E-state index contributed by atoms with van der Waals surface area (Å²) in [5.74, 6) is -1.44. The Morgan fingerprint density at radius 3 is 2.30 bits per heavy atom. The first-order chi connectivity index (χ1) is 14.4. The molecule has 0 atom stereocenters. The summed E-state index contributed by atoms with van der Waals surface area (Å²) in [6.07, 6.45) is 3.03. The first-order valence-corrected chi connectivity index (χ1v) is 10.8. The summed E-state index contributed by atoms with van der Waals surface area (Å²) < 4.78 is 39.2. The van der Waals surface area contributed by atoms with Gasteiger partial charge in [-0.1, -0.05) is 12.1 Å². The SMILES string of the molecule is O=C(CNC(=O)c1ccc(S(=O)(=O)N2CCCC2)cc1)N/N=C\c1ccc(F)cc1. The Balaban J connectivity index is 1.49. The van der Waals surface area contributed by atoms with Crippen molar-refractivity contribution in [2.45, 2.75) is 17.7 Å². The second kappa shape index (κ2) is 9.59. The van der Waals surface area contributed by atoms with Crippen molar-refractivity contribution in [2.24, 2.45) is 5.10 Å². The molecule has 158 valence electrons. The second-order valence-corrected chi connectivity index (χ2v) is 8.60. The summed E-state index contributed by atoms with van der Waals surface area (Å²) in [6, 6.07) is 11.1. The van der Waals surface area contributed by atoms with Crippen LogP contribution in [0.1, 0.15) is 28.8 Å². The highest BCUT2D eigenvalue weighted by Crippen LogP contribution is 2.21. The van der Waals surface area contributed by atoms with Gasteiger partial charge >= 0.3 is 0 Å². The first kappa shape index (κ1) is 21.6. The number of hydrogen-bond donors (Lipinski definition) is 2. The smallest absolute Gasteiger partial charge is 0.259 e. The van der Waals surface area contributed by atoms with E-state index in [1.807, 2.05) is 0 Å². The van der Waals surface area contributed by atoms with Crippen LogP contribution in [-0.4, -0.2) is 50.4 Å². The van der Waals surface area contributed by atoms with Crippen molar-refractivity contribution >= 4 is 28.1 Å². The number of amides is 2. The number of nitrogens with zero attached hydrogens (tertiary/aromatic N) is 2.